The van der Waals surface area contributed by atoms with Gasteiger partial charge in [-0.2, -0.15) is 0 Å². The molecule has 0 atom stereocenters. The molecule has 0 spiro atoms. The second kappa shape index (κ2) is 3.82. The van der Waals surface area contributed by atoms with Gasteiger partial charge in [0.2, 0.25) is 0 Å². The Kier molecular flexibility index (Phi) is 2.99. The zero-order valence-corrected chi connectivity index (χ0v) is 8.29. The standard InChI is InChI=1S/C7H8O3S2/c1-10-4-3-12-7(11-2)5(4)6(8)9/h3H,1-2H3,(H,8,9). The fourth-order valence-electron chi connectivity index (χ4n) is 0.819. The smallest absolute Gasteiger partial charge is 0.341 e. The Bertz CT molecular complexity index is 271. The van der Waals surface area contributed by atoms with Crippen LogP contribution in [0.3, 0.4) is 0 Å². The molecule has 12 heavy (non-hydrogen) atoms. The fourth-order valence-corrected chi connectivity index (χ4v) is 2.47. The first kappa shape index (κ1) is 9.41. The van der Waals surface area contributed by atoms with Crippen LogP contribution >= 0.6 is 23.1 Å². The predicted octanol–water partition coefficient (Wildman–Crippen LogP) is 2.18. The Labute approximate surface area is 78.4 Å². The van der Waals surface area contributed by atoms with E-state index in [4.69, 9.17) is 9.84 Å². The average Bonchev–Trinajstić information content (AvgIpc) is 2.46. The maximum Gasteiger partial charge on any atom is 0.341 e. The number of thiophene rings is 1. The van der Waals surface area contributed by atoms with Crippen molar-refractivity contribution in [1.29, 1.82) is 0 Å². The van der Waals surface area contributed by atoms with E-state index in [9.17, 15) is 4.79 Å². The summed E-state index contributed by atoms with van der Waals surface area (Å²) in [5.74, 6) is -0.491. The summed E-state index contributed by atoms with van der Waals surface area (Å²) < 4.78 is 5.68. The molecule has 0 aliphatic carbocycles. The third kappa shape index (κ3) is 1.56. The molecule has 0 radical (unpaired) electrons. The Morgan fingerprint density at radius 2 is 2.42 bits per heavy atom. The van der Waals surface area contributed by atoms with Crippen LogP contribution in [0.2, 0.25) is 0 Å². The predicted molar refractivity (Wildman–Crippen MR) is 49.6 cm³/mol. The highest BCUT2D eigenvalue weighted by Gasteiger charge is 2.17. The number of carboxylic acids is 1. The topological polar surface area (TPSA) is 46.5 Å². The highest BCUT2D eigenvalue weighted by Crippen LogP contribution is 2.35. The lowest BCUT2D eigenvalue weighted by molar-refractivity contribution is 0.0690. The van der Waals surface area contributed by atoms with Crippen molar-refractivity contribution in [1.82, 2.24) is 0 Å². The van der Waals surface area contributed by atoms with Crippen LogP contribution in [0.4, 0.5) is 0 Å². The van der Waals surface area contributed by atoms with Crippen molar-refractivity contribution in [2.75, 3.05) is 13.4 Å². The molecule has 1 rings (SSSR count). The van der Waals surface area contributed by atoms with E-state index >= 15 is 0 Å². The SMILES string of the molecule is COc1csc(SC)c1C(=O)O. The van der Waals surface area contributed by atoms with Gasteiger partial charge < -0.3 is 9.84 Å². The lowest BCUT2D eigenvalue weighted by Gasteiger charge is -1.98. The number of aromatic carboxylic acids is 1. The van der Waals surface area contributed by atoms with Gasteiger partial charge in [-0.3, -0.25) is 0 Å². The first-order valence-electron chi connectivity index (χ1n) is 3.13. The number of rotatable bonds is 3. The van der Waals surface area contributed by atoms with Gasteiger partial charge in [0.1, 0.15) is 11.3 Å². The molecule has 0 saturated heterocycles. The Hall–Kier alpha value is -0.680. The van der Waals surface area contributed by atoms with Gasteiger partial charge in [-0.05, 0) is 6.26 Å². The molecule has 0 amide bonds. The van der Waals surface area contributed by atoms with E-state index in [-0.39, 0.29) is 5.56 Å². The number of hydrogen-bond acceptors (Lipinski definition) is 4. The molecule has 0 aliphatic rings. The second-order valence-electron chi connectivity index (χ2n) is 1.98. The van der Waals surface area contributed by atoms with E-state index in [1.807, 2.05) is 6.26 Å². The molecule has 66 valence electrons. The molecule has 1 aromatic rings. The van der Waals surface area contributed by atoms with Gasteiger partial charge in [-0.15, -0.1) is 23.1 Å². The zero-order valence-electron chi connectivity index (χ0n) is 6.66. The Morgan fingerprint density at radius 1 is 1.75 bits per heavy atom. The first-order valence-corrected chi connectivity index (χ1v) is 5.24. The van der Waals surface area contributed by atoms with Crippen molar-refractivity contribution in [3.63, 3.8) is 0 Å². The summed E-state index contributed by atoms with van der Waals surface area (Å²) in [6.45, 7) is 0. The highest BCUT2D eigenvalue weighted by molar-refractivity contribution is 8.00. The van der Waals surface area contributed by atoms with E-state index in [2.05, 4.69) is 0 Å². The maximum absolute atomic E-state index is 10.7. The second-order valence-corrected chi connectivity index (χ2v) is 3.93. The molecule has 1 N–H and O–H groups in total. The fraction of sp³-hybridized carbons (Fsp3) is 0.286. The van der Waals surface area contributed by atoms with Crippen molar-refractivity contribution < 1.29 is 14.6 Å². The minimum atomic E-state index is -0.933. The molecule has 0 bridgehead atoms. The van der Waals surface area contributed by atoms with Crippen molar-refractivity contribution in [3.8, 4) is 5.75 Å². The molecule has 5 heteroatoms. The molecular weight excluding hydrogens is 196 g/mol. The van der Waals surface area contributed by atoms with Gasteiger partial charge in [0.05, 0.1) is 11.3 Å². The summed E-state index contributed by atoms with van der Waals surface area (Å²) in [5, 5.41) is 10.5. The summed E-state index contributed by atoms with van der Waals surface area (Å²) in [4.78, 5) is 10.7. The minimum Gasteiger partial charge on any atom is -0.495 e. The van der Waals surface area contributed by atoms with Crippen molar-refractivity contribution in [3.05, 3.63) is 10.9 Å². The molecule has 0 fully saturated rings. The summed E-state index contributed by atoms with van der Waals surface area (Å²) in [5.41, 5.74) is 0.273. The van der Waals surface area contributed by atoms with E-state index in [0.717, 1.165) is 4.21 Å². The highest BCUT2D eigenvalue weighted by atomic mass is 32.2. The lowest BCUT2D eigenvalue weighted by Crippen LogP contribution is -1.98. The molecule has 0 aromatic carbocycles. The number of methoxy groups -OCH3 is 1. The van der Waals surface area contributed by atoms with Crippen LogP contribution in [0.5, 0.6) is 5.75 Å². The molecule has 1 aromatic heterocycles. The summed E-state index contributed by atoms with van der Waals surface area (Å²) in [7, 11) is 1.47. The number of ether oxygens (including phenoxy) is 1. The number of carboxylic acid groups (broad SMARTS) is 1. The first-order chi connectivity index (χ1) is 5.70. The maximum atomic E-state index is 10.7. The third-order valence-corrected chi connectivity index (χ3v) is 3.46. The van der Waals surface area contributed by atoms with Gasteiger partial charge in [0.15, 0.2) is 0 Å². The third-order valence-electron chi connectivity index (χ3n) is 1.34. The van der Waals surface area contributed by atoms with Crippen molar-refractivity contribution in [2.24, 2.45) is 0 Å². The molecule has 0 aliphatic heterocycles. The molecule has 1 heterocycles. The quantitative estimate of drug-likeness (QED) is 0.766. The van der Waals surface area contributed by atoms with Crippen molar-refractivity contribution >= 4 is 29.1 Å². The molecule has 3 nitrogen and oxygen atoms in total. The molecule has 0 unspecified atom stereocenters. The van der Waals surface area contributed by atoms with E-state index in [1.165, 1.54) is 30.2 Å². The largest absolute Gasteiger partial charge is 0.495 e. The van der Waals surface area contributed by atoms with Crippen LogP contribution < -0.4 is 4.74 Å². The molecular formula is C7H8O3S2. The van der Waals surface area contributed by atoms with Gasteiger partial charge in [-0.1, -0.05) is 0 Å². The zero-order chi connectivity index (χ0) is 9.14. The van der Waals surface area contributed by atoms with Crippen molar-refractivity contribution in [2.45, 2.75) is 4.21 Å². The summed E-state index contributed by atoms with van der Waals surface area (Å²) >= 11 is 2.80. The molecule has 0 saturated carbocycles. The van der Waals surface area contributed by atoms with Crippen LogP contribution in [0.1, 0.15) is 10.4 Å². The van der Waals surface area contributed by atoms with Crippen LogP contribution in [-0.4, -0.2) is 24.4 Å². The van der Waals surface area contributed by atoms with E-state index in [0.29, 0.717) is 5.75 Å². The summed E-state index contributed by atoms with van der Waals surface area (Å²) in [6, 6.07) is 0. The summed E-state index contributed by atoms with van der Waals surface area (Å²) in [6.07, 6.45) is 1.84. The van der Waals surface area contributed by atoms with E-state index < -0.39 is 5.97 Å². The van der Waals surface area contributed by atoms with E-state index in [1.54, 1.807) is 5.38 Å². The monoisotopic (exact) mass is 204 g/mol. The number of carbonyl (C=O) groups is 1. The number of thioether (sulfide) groups is 1. The average molecular weight is 204 g/mol. The van der Waals surface area contributed by atoms with Gasteiger partial charge in [0, 0.05) is 5.38 Å². The van der Waals surface area contributed by atoms with Gasteiger partial charge >= 0.3 is 5.97 Å². The van der Waals surface area contributed by atoms with Crippen LogP contribution in [0, 0.1) is 0 Å². The van der Waals surface area contributed by atoms with Crippen LogP contribution in [0.25, 0.3) is 0 Å². The van der Waals surface area contributed by atoms with Gasteiger partial charge in [0.25, 0.3) is 0 Å². The number of hydrogen-bond donors (Lipinski definition) is 1. The Balaban J connectivity index is 3.16. The Morgan fingerprint density at radius 3 is 2.83 bits per heavy atom. The van der Waals surface area contributed by atoms with Crippen LogP contribution in [-0.2, 0) is 0 Å². The van der Waals surface area contributed by atoms with Gasteiger partial charge in [-0.25, -0.2) is 4.79 Å². The minimum absolute atomic E-state index is 0.273. The lowest BCUT2D eigenvalue weighted by atomic mass is 10.3. The normalized spacial score (nSPS) is 9.83. The van der Waals surface area contributed by atoms with Crippen LogP contribution in [0.15, 0.2) is 9.59 Å².